The molecule has 1 aromatic carbocycles. The molecule has 1 aromatic rings. The highest BCUT2D eigenvalue weighted by atomic mass is 127. The smallest absolute Gasteiger partial charge is 0.408 e. The summed E-state index contributed by atoms with van der Waals surface area (Å²) in [6.07, 6.45) is 0.111. The Morgan fingerprint density at radius 2 is 1.79 bits per heavy atom. The number of benzene rings is 1. The van der Waals surface area contributed by atoms with Crippen molar-refractivity contribution in [2.45, 2.75) is 57.2 Å². The van der Waals surface area contributed by atoms with Crippen molar-refractivity contribution in [2.24, 2.45) is 5.73 Å². The van der Waals surface area contributed by atoms with Crippen molar-refractivity contribution >= 4 is 40.5 Å². The number of hydrogen-bond acceptors (Lipinski definition) is 5. The topological polar surface area (TPSA) is 120 Å². The van der Waals surface area contributed by atoms with Gasteiger partial charge in [0.05, 0.1) is 0 Å². The molecule has 1 aliphatic heterocycles. The first-order valence-electron chi connectivity index (χ1n) is 9.44. The zero-order valence-electron chi connectivity index (χ0n) is 16.9. The molecule has 1 saturated heterocycles. The molecule has 3 amide bonds. The van der Waals surface area contributed by atoms with E-state index >= 15 is 0 Å². The molecular formula is C20H28IN3O5. The molecule has 1 heterocycles. The average Bonchev–Trinajstić information content (AvgIpc) is 2.61. The number of alkyl carbamates (subject to hydrolysis) is 1. The van der Waals surface area contributed by atoms with Gasteiger partial charge in [-0.15, -0.1) is 0 Å². The van der Waals surface area contributed by atoms with Crippen molar-refractivity contribution in [1.82, 2.24) is 10.6 Å². The number of nitrogens with one attached hydrogen (secondary N) is 2. The maximum absolute atomic E-state index is 13.1. The normalized spacial score (nSPS) is 17.1. The summed E-state index contributed by atoms with van der Waals surface area (Å²) in [5.41, 5.74) is 4.48. The van der Waals surface area contributed by atoms with Crippen molar-refractivity contribution in [3.8, 4) is 0 Å². The summed E-state index contributed by atoms with van der Waals surface area (Å²) in [5, 5.41) is 5.42. The van der Waals surface area contributed by atoms with Gasteiger partial charge in [-0.2, -0.15) is 0 Å². The Labute approximate surface area is 184 Å². The van der Waals surface area contributed by atoms with Gasteiger partial charge < -0.3 is 25.8 Å². The first-order chi connectivity index (χ1) is 13.5. The summed E-state index contributed by atoms with van der Waals surface area (Å²) >= 11 is 2.19. The van der Waals surface area contributed by atoms with Crippen LogP contribution in [-0.2, 0) is 25.5 Å². The Kier molecular flexibility index (Phi) is 7.87. The zero-order chi connectivity index (χ0) is 21.7. The fourth-order valence-electron chi connectivity index (χ4n) is 3.00. The van der Waals surface area contributed by atoms with Crippen molar-refractivity contribution in [1.29, 1.82) is 0 Å². The molecule has 1 aliphatic rings. The molecule has 4 N–H and O–H groups in total. The third kappa shape index (κ3) is 7.14. The summed E-state index contributed by atoms with van der Waals surface area (Å²) in [4.78, 5) is 37.4. The Balaban J connectivity index is 2.14. The number of rotatable bonds is 6. The molecule has 0 saturated carbocycles. The van der Waals surface area contributed by atoms with Crippen LogP contribution < -0.4 is 16.4 Å². The van der Waals surface area contributed by atoms with Crippen LogP contribution in [0.2, 0.25) is 0 Å². The number of nitrogens with two attached hydrogens (primary N) is 1. The lowest BCUT2D eigenvalue weighted by Gasteiger charge is -2.37. The average molecular weight is 517 g/mol. The lowest BCUT2D eigenvalue weighted by Crippen LogP contribution is -2.64. The van der Waals surface area contributed by atoms with E-state index in [1.54, 1.807) is 20.8 Å². The molecule has 1 atom stereocenters. The summed E-state index contributed by atoms with van der Waals surface area (Å²) < 4.78 is 11.7. The van der Waals surface area contributed by atoms with Gasteiger partial charge in [0.25, 0.3) is 0 Å². The van der Waals surface area contributed by atoms with Crippen LogP contribution in [0.4, 0.5) is 4.79 Å². The second-order valence-corrected chi connectivity index (χ2v) is 9.33. The maximum Gasteiger partial charge on any atom is 0.408 e. The van der Waals surface area contributed by atoms with E-state index in [-0.39, 0.29) is 19.3 Å². The maximum atomic E-state index is 13.1. The van der Waals surface area contributed by atoms with Gasteiger partial charge in [0.1, 0.15) is 17.2 Å². The van der Waals surface area contributed by atoms with E-state index in [4.69, 9.17) is 15.2 Å². The van der Waals surface area contributed by atoms with Crippen LogP contribution in [0, 0.1) is 3.57 Å². The Morgan fingerprint density at radius 3 is 2.31 bits per heavy atom. The number of halogens is 1. The minimum atomic E-state index is -1.22. The highest BCUT2D eigenvalue weighted by Gasteiger charge is 2.43. The number of hydrogen-bond donors (Lipinski definition) is 3. The summed E-state index contributed by atoms with van der Waals surface area (Å²) in [6.45, 7) is 5.84. The number of amides is 3. The summed E-state index contributed by atoms with van der Waals surface area (Å²) in [7, 11) is 0. The molecule has 1 unspecified atom stereocenters. The van der Waals surface area contributed by atoms with Crippen molar-refractivity contribution in [3.63, 3.8) is 0 Å². The van der Waals surface area contributed by atoms with E-state index in [9.17, 15) is 14.4 Å². The predicted molar refractivity (Wildman–Crippen MR) is 116 cm³/mol. The van der Waals surface area contributed by atoms with Crippen LogP contribution in [0.3, 0.4) is 0 Å². The van der Waals surface area contributed by atoms with Gasteiger partial charge in [0.2, 0.25) is 11.8 Å². The molecule has 2 rings (SSSR count). The third-order valence-electron chi connectivity index (χ3n) is 4.52. The molecule has 0 bridgehead atoms. The molecule has 0 spiro atoms. The van der Waals surface area contributed by atoms with Gasteiger partial charge in [0, 0.05) is 36.0 Å². The monoisotopic (exact) mass is 517 g/mol. The quantitative estimate of drug-likeness (QED) is 0.498. The minimum Gasteiger partial charge on any atom is -0.444 e. The number of ether oxygens (including phenoxy) is 2. The van der Waals surface area contributed by atoms with Crippen LogP contribution in [-0.4, -0.2) is 48.3 Å². The predicted octanol–water partition coefficient (Wildman–Crippen LogP) is 1.88. The second-order valence-electron chi connectivity index (χ2n) is 8.08. The van der Waals surface area contributed by atoms with Crippen LogP contribution in [0.25, 0.3) is 0 Å². The largest absolute Gasteiger partial charge is 0.444 e. The molecule has 0 radical (unpaired) electrons. The first kappa shape index (κ1) is 23.4. The molecular weight excluding hydrogens is 489 g/mol. The summed E-state index contributed by atoms with van der Waals surface area (Å²) in [6, 6.07) is 6.70. The molecule has 160 valence electrons. The highest BCUT2D eigenvalue weighted by molar-refractivity contribution is 14.1. The standard InChI is InChI=1S/C20H28IN3O5/c1-19(2,3)29-18(27)24-20(8-10-28-11-9-20)17(26)23-15(16(22)25)12-13-4-6-14(21)7-5-13/h4-7,15H,8-12H2,1-3H3,(H2,22,25)(H,23,26)(H,24,27). The molecule has 0 aromatic heterocycles. The number of carbonyl (C=O) groups excluding carboxylic acids is 3. The van der Waals surface area contributed by atoms with Gasteiger partial charge >= 0.3 is 6.09 Å². The summed E-state index contributed by atoms with van der Waals surface area (Å²) in [5.74, 6) is -1.11. The molecule has 29 heavy (non-hydrogen) atoms. The van der Waals surface area contributed by atoms with Crippen LogP contribution in [0.15, 0.2) is 24.3 Å². The Bertz CT molecular complexity index is 739. The van der Waals surface area contributed by atoms with Crippen molar-refractivity contribution in [3.05, 3.63) is 33.4 Å². The van der Waals surface area contributed by atoms with E-state index in [1.807, 2.05) is 24.3 Å². The Morgan fingerprint density at radius 1 is 1.21 bits per heavy atom. The fourth-order valence-corrected chi connectivity index (χ4v) is 3.36. The lowest BCUT2D eigenvalue weighted by molar-refractivity contribution is -0.135. The first-order valence-corrected chi connectivity index (χ1v) is 10.5. The number of primary amides is 1. The lowest BCUT2D eigenvalue weighted by atomic mass is 9.88. The molecule has 0 aliphatic carbocycles. The SMILES string of the molecule is CC(C)(C)OC(=O)NC1(C(=O)NC(Cc2ccc(I)cc2)C(N)=O)CCOCC1. The molecule has 8 nitrogen and oxygen atoms in total. The van der Waals surface area contributed by atoms with Crippen LogP contribution in [0.5, 0.6) is 0 Å². The van der Waals surface area contributed by atoms with Gasteiger partial charge in [-0.3, -0.25) is 9.59 Å². The third-order valence-corrected chi connectivity index (χ3v) is 5.24. The van der Waals surface area contributed by atoms with Crippen LogP contribution in [0.1, 0.15) is 39.2 Å². The molecule has 1 fully saturated rings. The van der Waals surface area contributed by atoms with Gasteiger partial charge in [-0.25, -0.2) is 4.79 Å². The zero-order valence-corrected chi connectivity index (χ0v) is 19.1. The van der Waals surface area contributed by atoms with Crippen LogP contribution >= 0.6 is 22.6 Å². The molecule has 9 heteroatoms. The van der Waals surface area contributed by atoms with Crippen molar-refractivity contribution < 1.29 is 23.9 Å². The minimum absolute atomic E-state index is 0.261. The Hall–Kier alpha value is -1.88. The van der Waals surface area contributed by atoms with E-state index in [0.717, 1.165) is 9.13 Å². The van der Waals surface area contributed by atoms with Gasteiger partial charge in [-0.1, -0.05) is 12.1 Å². The van der Waals surface area contributed by atoms with Crippen molar-refractivity contribution in [2.75, 3.05) is 13.2 Å². The number of carbonyl (C=O) groups is 3. The highest BCUT2D eigenvalue weighted by Crippen LogP contribution is 2.23. The second kappa shape index (κ2) is 9.75. The van der Waals surface area contributed by atoms with Gasteiger partial charge in [0.15, 0.2) is 0 Å². The van der Waals surface area contributed by atoms with Gasteiger partial charge in [-0.05, 0) is 61.1 Å². The van der Waals surface area contributed by atoms with E-state index in [2.05, 4.69) is 33.2 Å². The van der Waals surface area contributed by atoms with E-state index in [0.29, 0.717) is 13.2 Å². The van der Waals surface area contributed by atoms with E-state index < -0.39 is 35.1 Å². The fraction of sp³-hybridized carbons (Fsp3) is 0.550. The van der Waals surface area contributed by atoms with E-state index in [1.165, 1.54) is 0 Å².